The first-order valence-corrected chi connectivity index (χ1v) is 8.49. The maximum Gasteiger partial charge on any atom is 0.137 e. The highest BCUT2D eigenvalue weighted by Gasteiger charge is 2.14. The average molecular weight is 370 g/mol. The number of aryl methyl sites for hydroxylation is 1. The van der Waals surface area contributed by atoms with Gasteiger partial charge >= 0.3 is 0 Å². The molecule has 0 radical (unpaired) electrons. The van der Waals surface area contributed by atoms with Crippen LogP contribution in [-0.2, 0) is 0 Å². The number of halogens is 1. The number of fused-ring (bicyclic) bond motifs is 1. The SMILES string of the molecule is Cc1nc(-c2ccccc2)sc1-c1cn2cc(Br)ccc2n1. The first-order chi connectivity index (χ1) is 10.7. The Hall–Kier alpha value is -1.98. The van der Waals surface area contributed by atoms with E-state index in [1.165, 1.54) is 0 Å². The van der Waals surface area contributed by atoms with Crippen LogP contribution in [0.1, 0.15) is 5.69 Å². The van der Waals surface area contributed by atoms with Crippen LogP contribution < -0.4 is 0 Å². The molecule has 5 heteroatoms. The van der Waals surface area contributed by atoms with Crippen LogP contribution in [-0.4, -0.2) is 14.4 Å². The summed E-state index contributed by atoms with van der Waals surface area (Å²) < 4.78 is 3.07. The molecule has 0 N–H and O–H groups in total. The van der Waals surface area contributed by atoms with Gasteiger partial charge in [0.25, 0.3) is 0 Å². The standard InChI is InChI=1S/C17H12BrN3S/c1-11-16(22-17(19-11)12-5-3-2-4-6-12)14-10-21-9-13(18)7-8-15(21)20-14/h2-10H,1H3. The Kier molecular flexibility index (Phi) is 3.32. The smallest absolute Gasteiger partial charge is 0.137 e. The van der Waals surface area contributed by atoms with Gasteiger partial charge in [0.2, 0.25) is 0 Å². The molecule has 4 aromatic rings. The molecule has 0 unspecified atom stereocenters. The number of nitrogens with zero attached hydrogens (tertiary/aromatic N) is 3. The van der Waals surface area contributed by atoms with Crippen molar-refractivity contribution < 1.29 is 0 Å². The second-order valence-corrected chi connectivity index (χ2v) is 6.95. The molecular weight excluding hydrogens is 358 g/mol. The van der Waals surface area contributed by atoms with E-state index >= 15 is 0 Å². The third-order valence-corrected chi connectivity index (χ3v) is 5.16. The zero-order chi connectivity index (χ0) is 15.1. The average Bonchev–Trinajstić information content (AvgIpc) is 3.11. The number of rotatable bonds is 2. The van der Waals surface area contributed by atoms with Crippen molar-refractivity contribution in [3.63, 3.8) is 0 Å². The van der Waals surface area contributed by atoms with Gasteiger partial charge in [-0.25, -0.2) is 9.97 Å². The Balaban J connectivity index is 1.83. The second kappa shape index (κ2) is 5.34. The lowest BCUT2D eigenvalue weighted by molar-refractivity contribution is 1.17. The van der Waals surface area contributed by atoms with Crippen molar-refractivity contribution in [2.75, 3.05) is 0 Å². The Morgan fingerprint density at radius 1 is 1.00 bits per heavy atom. The van der Waals surface area contributed by atoms with Crippen LogP contribution in [0.3, 0.4) is 0 Å². The number of thiazole rings is 1. The predicted molar refractivity (Wildman–Crippen MR) is 94.2 cm³/mol. The van der Waals surface area contributed by atoms with Crippen molar-refractivity contribution in [2.24, 2.45) is 0 Å². The molecule has 108 valence electrons. The van der Waals surface area contributed by atoms with E-state index in [9.17, 15) is 0 Å². The van der Waals surface area contributed by atoms with E-state index in [0.29, 0.717) is 0 Å². The molecule has 0 aliphatic heterocycles. The number of hydrogen-bond acceptors (Lipinski definition) is 3. The first kappa shape index (κ1) is 13.7. The van der Waals surface area contributed by atoms with Crippen LogP contribution in [0.25, 0.3) is 26.8 Å². The second-order valence-electron chi connectivity index (χ2n) is 5.04. The Bertz CT molecular complexity index is 957. The van der Waals surface area contributed by atoms with Gasteiger partial charge in [0.05, 0.1) is 10.6 Å². The molecule has 0 bridgehead atoms. The first-order valence-electron chi connectivity index (χ1n) is 6.88. The molecule has 3 heterocycles. The summed E-state index contributed by atoms with van der Waals surface area (Å²) in [7, 11) is 0. The number of hydrogen-bond donors (Lipinski definition) is 0. The highest BCUT2D eigenvalue weighted by Crippen LogP contribution is 2.34. The molecule has 0 aliphatic rings. The van der Waals surface area contributed by atoms with Gasteiger partial charge in [-0.15, -0.1) is 11.3 Å². The zero-order valence-corrected chi connectivity index (χ0v) is 14.2. The van der Waals surface area contributed by atoms with Gasteiger partial charge < -0.3 is 4.40 Å². The van der Waals surface area contributed by atoms with Crippen molar-refractivity contribution in [3.05, 3.63) is 65.0 Å². The highest BCUT2D eigenvalue weighted by atomic mass is 79.9. The summed E-state index contributed by atoms with van der Waals surface area (Å²) in [6, 6.07) is 14.3. The van der Waals surface area contributed by atoms with Crippen molar-refractivity contribution in [2.45, 2.75) is 6.92 Å². The molecule has 0 fully saturated rings. The van der Waals surface area contributed by atoms with Crippen molar-refractivity contribution in [1.82, 2.24) is 14.4 Å². The number of aromatic nitrogens is 3. The molecular formula is C17H12BrN3S. The summed E-state index contributed by atoms with van der Waals surface area (Å²) in [6.45, 7) is 2.04. The van der Waals surface area contributed by atoms with E-state index in [-0.39, 0.29) is 0 Å². The summed E-state index contributed by atoms with van der Waals surface area (Å²) >= 11 is 5.18. The number of imidazole rings is 1. The van der Waals surface area contributed by atoms with Gasteiger partial charge in [0.15, 0.2) is 0 Å². The van der Waals surface area contributed by atoms with Crippen molar-refractivity contribution in [1.29, 1.82) is 0 Å². The van der Waals surface area contributed by atoms with Gasteiger partial charge in [-0.05, 0) is 35.0 Å². The molecule has 0 saturated carbocycles. The molecule has 0 spiro atoms. The lowest BCUT2D eigenvalue weighted by atomic mass is 10.2. The van der Waals surface area contributed by atoms with Crippen molar-refractivity contribution >= 4 is 32.9 Å². The van der Waals surface area contributed by atoms with Crippen molar-refractivity contribution in [3.8, 4) is 21.1 Å². The molecule has 0 amide bonds. The molecule has 3 nitrogen and oxygen atoms in total. The number of benzene rings is 1. The summed E-state index contributed by atoms with van der Waals surface area (Å²) in [5.41, 5.74) is 4.07. The minimum atomic E-state index is 0.937. The van der Waals surface area contributed by atoms with Gasteiger partial charge in [0, 0.05) is 22.4 Å². The third kappa shape index (κ3) is 2.36. The van der Waals surface area contributed by atoms with Crippen LogP contribution in [0.15, 0.2) is 59.3 Å². The van der Waals surface area contributed by atoms with E-state index in [4.69, 9.17) is 9.97 Å². The fourth-order valence-corrected chi connectivity index (χ4v) is 3.79. The van der Waals surface area contributed by atoms with E-state index in [1.807, 2.05) is 47.9 Å². The zero-order valence-electron chi connectivity index (χ0n) is 11.8. The lowest BCUT2D eigenvalue weighted by Crippen LogP contribution is -1.80. The largest absolute Gasteiger partial charge is 0.305 e. The Labute approximate surface area is 140 Å². The maximum absolute atomic E-state index is 4.70. The summed E-state index contributed by atoms with van der Waals surface area (Å²) in [5, 5.41) is 1.03. The van der Waals surface area contributed by atoms with E-state index in [1.54, 1.807) is 11.3 Å². The summed E-state index contributed by atoms with van der Waals surface area (Å²) in [5.74, 6) is 0. The van der Waals surface area contributed by atoms with Gasteiger partial charge in [-0.1, -0.05) is 30.3 Å². The van der Waals surface area contributed by atoms with E-state index in [0.717, 1.165) is 37.0 Å². The fourth-order valence-electron chi connectivity index (χ4n) is 2.41. The van der Waals surface area contributed by atoms with E-state index in [2.05, 4.69) is 34.3 Å². The van der Waals surface area contributed by atoms with E-state index < -0.39 is 0 Å². The monoisotopic (exact) mass is 369 g/mol. The van der Waals surface area contributed by atoms with Crippen LogP contribution in [0.2, 0.25) is 0 Å². The quantitative estimate of drug-likeness (QED) is 0.486. The molecule has 0 saturated heterocycles. The van der Waals surface area contributed by atoms with Gasteiger partial charge in [-0.2, -0.15) is 0 Å². The fraction of sp³-hybridized carbons (Fsp3) is 0.0588. The molecule has 3 aromatic heterocycles. The van der Waals surface area contributed by atoms with Crippen LogP contribution in [0.5, 0.6) is 0 Å². The predicted octanol–water partition coefficient (Wildman–Crippen LogP) is 5.20. The molecule has 22 heavy (non-hydrogen) atoms. The normalized spacial score (nSPS) is 11.2. The molecule has 0 atom stereocenters. The van der Waals surface area contributed by atoms with Crippen LogP contribution in [0, 0.1) is 6.92 Å². The van der Waals surface area contributed by atoms with Gasteiger partial charge in [0.1, 0.15) is 16.3 Å². The lowest BCUT2D eigenvalue weighted by Gasteiger charge is -1.92. The summed E-state index contributed by atoms with van der Waals surface area (Å²) in [4.78, 5) is 10.5. The Morgan fingerprint density at radius 3 is 2.64 bits per heavy atom. The maximum atomic E-state index is 4.70. The Morgan fingerprint density at radius 2 is 1.82 bits per heavy atom. The highest BCUT2D eigenvalue weighted by molar-refractivity contribution is 9.10. The minimum Gasteiger partial charge on any atom is -0.305 e. The van der Waals surface area contributed by atoms with Crippen LogP contribution >= 0.6 is 27.3 Å². The molecule has 1 aromatic carbocycles. The topological polar surface area (TPSA) is 30.2 Å². The summed E-state index contributed by atoms with van der Waals surface area (Å²) in [6.07, 6.45) is 4.07. The minimum absolute atomic E-state index is 0.937. The molecule has 4 rings (SSSR count). The van der Waals surface area contributed by atoms with Crippen LogP contribution in [0.4, 0.5) is 0 Å². The number of pyridine rings is 1. The molecule has 0 aliphatic carbocycles. The third-order valence-electron chi connectivity index (χ3n) is 3.46. The van der Waals surface area contributed by atoms with Gasteiger partial charge in [-0.3, -0.25) is 0 Å².